The fourth-order valence-corrected chi connectivity index (χ4v) is 3.89. The third-order valence-corrected chi connectivity index (χ3v) is 5.60. The lowest BCUT2D eigenvalue weighted by molar-refractivity contribution is -0.140. The van der Waals surface area contributed by atoms with Crippen molar-refractivity contribution < 1.29 is 24.1 Å². The number of carbonyl (C=O) groups is 1. The molecule has 3 rings (SSSR count). The van der Waals surface area contributed by atoms with Gasteiger partial charge in [0.2, 0.25) is 0 Å². The van der Waals surface area contributed by atoms with Crippen LogP contribution in [0, 0.1) is 6.92 Å². The molecule has 0 aliphatic carbocycles. The number of hydrogen-bond donors (Lipinski definition) is 1. The van der Waals surface area contributed by atoms with E-state index >= 15 is 0 Å². The first kappa shape index (κ1) is 25.0. The van der Waals surface area contributed by atoms with Crippen LogP contribution in [0.2, 0.25) is 0 Å². The fourth-order valence-electron chi connectivity index (χ4n) is 3.89. The number of aromatic nitrogens is 2. The third kappa shape index (κ3) is 6.02. The minimum absolute atomic E-state index is 0.127. The normalized spacial score (nSPS) is 11.7. The Morgan fingerprint density at radius 2 is 1.91 bits per heavy atom. The van der Waals surface area contributed by atoms with Crippen LogP contribution >= 0.6 is 0 Å². The number of nitrogens with zero attached hydrogens (tertiary/aromatic N) is 2. The topological polar surface area (TPSA) is 99.9 Å². The maximum atomic E-state index is 13.5. The van der Waals surface area contributed by atoms with Gasteiger partial charge in [-0.2, -0.15) is 0 Å². The second-order valence-electron chi connectivity index (χ2n) is 7.87. The van der Waals surface area contributed by atoms with Gasteiger partial charge in [0.25, 0.3) is 5.56 Å². The summed E-state index contributed by atoms with van der Waals surface area (Å²) < 4.78 is 17.6. The van der Waals surface area contributed by atoms with Gasteiger partial charge in [-0.05, 0) is 37.6 Å². The number of rotatable bonds is 11. The van der Waals surface area contributed by atoms with E-state index in [0.29, 0.717) is 36.6 Å². The standard InChI is InChI=1S/C26H30N2O6/c1-18-15-22(29)25(26(31)28(18)13-8-14-32-2)21(16-24(30)33-3)20-10-4-5-11-23(20)34-17-19-9-6-7-12-27-19/h4-7,9-12,15,21,29H,8,13-14,16-17H2,1-3H3. The zero-order valence-corrected chi connectivity index (χ0v) is 19.7. The third-order valence-electron chi connectivity index (χ3n) is 5.60. The van der Waals surface area contributed by atoms with Gasteiger partial charge in [-0.15, -0.1) is 0 Å². The number of aryl methyl sites for hydroxylation is 1. The molecule has 0 aliphatic heterocycles. The molecule has 8 heteroatoms. The fraction of sp³-hybridized carbons (Fsp3) is 0.346. The number of pyridine rings is 2. The lowest BCUT2D eigenvalue weighted by atomic mass is 9.87. The molecule has 0 amide bonds. The molecular weight excluding hydrogens is 436 g/mol. The lowest BCUT2D eigenvalue weighted by Crippen LogP contribution is -2.29. The summed E-state index contributed by atoms with van der Waals surface area (Å²) in [5.74, 6) is -0.949. The van der Waals surface area contributed by atoms with E-state index in [-0.39, 0.29) is 29.9 Å². The molecule has 0 saturated heterocycles. The largest absolute Gasteiger partial charge is 0.507 e. The summed E-state index contributed by atoms with van der Waals surface area (Å²) in [5.41, 5.74) is 1.73. The van der Waals surface area contributed by atoms with Crippen molar-refractivity contribution in [2.45, 2.75) is 38.8 Å². The van der Waals surface area contributed by atoms with E-state index in [1.54, 1.807) is 49.1 Å². The number of benzene rings is 1. The van der Waals surface area contributed by atoms with Crippen molar-refractivity contribution in [3.63, 3.8) is 0 Å². The summed E-state index contributed by atoms with van der Waals surface area (Å²) in [5, 5.41) is 10.8. The molecule has 180 valence electrons. The zero-order valence-electron chi connectivity index (χ0n) is 19.7. The van der Waals surface area contributed by atoms with Crippen LogP contribution in [0.4, 0.5) is 0 Å². The van der Waals surface area contributed by atoms with Gasteiger partial charge in [0.1, 0.15) is 18.1 Å². The van der Waals surface area contributed by atoms with Crippen LogP contribution in [-0.4, -0.2) is 41.5 Å². The second-order valence-corrected chi connectivity index (χ2v) is 7.87. The van der Waals surface area contributed by atoms with Gasteiger partial charge in [-0.25, -0.2) is 0 Å². The molecule has 1 atom stereocenters. The zero-order chi connectivity index (χ0) is 24.5. The van der Waals surface area contributed by atoms with Gasteiger partial charge in [0.05, 0.1) is 24.8 Å². The summed E-state index contributed by atoms with van der Waals surface area (Å²) in [4.78, 5) is 30.2. The summed E-state index contributed by atoms with van der Waals surface area (Å²) in [6, 6.07) is 14.3. The van der Waals surface area contributed by atoms with Crippen molar-refractivity contribution in [3.8, 4) is 11.5 Å². The van der Waals surface area contributed by atoms with Crippen LogP contribution in [0.25, 0.3) is 0 Å². The van der Waals surface area contributed by atoms with Crippen LogP contribution in [-0.2, 0) is 27.4 Å². The molecule has 1 aromatic carbocycles. The van der Waals surface area contributed by atoms with Gasteiger partial charge in [-0.1, -0.05) is 24.3 Å². The maximum Gasteiger partial charge on any atom is 0.306 e. The number of esters is 1. The number of hydrogen-bond acceptors (Lipinski definition) is 7. The molecule has 2 heterocycles. The van der Waals surface area contributed by atoms with E-state index in [1.165, 1.54) is 7.11 Å². The van der Waals surface area contributed by atoms with Crippen LogP contribution in [0.15, 0.2) is 59.5 Å². The van der Waals surface area contributed by atoms with E-state index in [1.807, 2.05) is 24.3 Å². The molecule has 0 bridgehead atoms. The van der Waals surface area contributed by atoms with E-state index in [9.17, 15) is 14.7 Å². The first-order valence-electron chi connectivity index (χ1n) is 11.1. The Morgan fingerprint density at radius 1 is 1.15 bits per heavy atom. The molecular formula is C26H30N2O6. The molecule has 1 N–H and O–H groups in total. The second kappa shape index (κ2) is 12.0. The molecule has 0 aliphatic rings. The summed E-state index contributed by atoms with van der Waals surface area (Å²) in [7, 11) is 2.90. The number of ether oxygens (including phenoxy) is 3. The van der Waals surface area contributed by atoms with E-state index in [0.717, 1.165) is 5.69 Å². The minimum Gasteiger partial charge on any atom is -0.507 e. The van der Waals surface area contributed by atoms with E-state index in [2.05, 4.69) is 4.98 Å². The SMILES string of the molecule is COCCCn1c(C)cc(O)c(C(CC(=O)OC)c2ccccc2OCc2ccccn2)c1=O. The average molecular weight is 467 g/mol. The number of para-hydroxylation sites is 1. The predicted octanol–water partition coefficient (Wildman–Crippen LogP) is 3.57. The molecule has 34 heavy (non-hydrogen) atoms. The Bertz CT molecular complexity index is 1160. The highest BCUT2D eigenvalue weighted by Gasteiger charge is 2.28. The first-order valence-corrected chi connectivity index (χ1v) is 11.1. The van der Waals surface area contributed by atoms with Crippen LogP contribution in [0.3, 0.4) is 0 Å². The smallest absolute Gasteiger partial charge is 0.306 e. The highest BCUT2D eigenvalue weighted by molar-refractivity contribution is 5.72. The molecule has 0 spiro atoms. The van der Waals surface area contributed by atoms with Gasteiger partial charge < -0.3 is 23.9 Å². The molecule has 0 fully saturated rings. The Morgan fingerprint density at radius 3 is 2.62 bits per heavy atom. The molecule has 2 aromatic heterocycles. The summed E-state index contributed by atoms with van der Waals surface area (Å²) in [6.07, 6.45) is 2.18. The number of methoxy groups -OCH3 is 2. The van der Waals surface area contributed by atoms with Crippen molar-refractivity contribution in [1.82, 2.24) is 9.55 Å². The number of aromatic hydroxyl groups is 1. The van der Waals surface area contributed by atoms with Crippen molar-refractivity contribution in [2.24, 2.45) is 0 Å². The van der Waals surface area contributed by atoms with E-state index in [4.69, 9.17) is 14.2 Å². The predicted molar refractivity (Wildman–Crippen MR) is 127 cm³/mol. The Balaban J connectivity index is 2.06. The van der Waals surface area contributed by atoms with Crippen molar-refractivity contribution >= 4 is 5.97 Å². The van der Waals surface area contributed by atoms with Crippen molar-refractivity contribution in [3.05, 3.63) is 87.6 Å². The Labute approximate surface area is 198 Å². The Kier molecular flexibility index (Phi) is 8.81. The van der Waals surface area contributed by atoms with Gasteiger partial charge in [0.15, 0.2) is 0 Å². The Hall–Kier alpha value is -3.65. The van der Waals surface area contributed by atoms with Gasteiger partial charge in [-0.3, -0.25) is 14.6 Å². The molecule has 1 unspecified atom stereocenters. The summed E-state index contributed by atoms with van der Waals surface area (Å²) >= 11 is 0. The van der Waals surface area contributed by atoms with Gasteiger partial charge in [0, 0.05) is 43.6 Å². The maximum absolute atomic E-state index is 13.5. The number of carbonyl (C=O) groups excluding carboxylic acids is 1. The van der Waals surface area contributed by atoms with Crippen LogP contribution < -0.4 is 10.3 Å². The van der Waals surface area contributed by atoms with E-state index < -0.39 is 11.9 Å². The first-order chi connectivity index (χ1) is 16.5. The van der Waals surface area contributed by atoms with Crippen molar-refractivity contribution in [1.29, 1.82) is 0 Å². The quantitative estimate of drug-likeness (QED) is 0.341. The van der Waals surface area contributed by atoms with Crippen molar-refractivity contribution in [2.75, 3.05) is 20.8 Å². The minimum atomic E-state index is -0.769. The van der Waals surface area contributed by atoms with Crippen LogP contribution in [0.1, 0.15) is 41.3 Å². The molecule has 0 radical (unpaired) electrons. The molecule has 0 saturated carbocycles. The monoisotopic (exact) mass is 466 g/mol. The van der Waals surface area contributed by atoms with Gasteiger partial charge >= 0.3 is 5.97 Å². The molecule has 3 aromatic rings. The molecule has 8 nitrogen and oxygen atoms in total. The van der Waals surface area contributed by atoms with Crippen LogP contribution in [0.5, 0.6) is 11.5 Å². The lowest BCUT2D eigenvalue weighted by Gasteiger charge is -2.22. The highest BCUT2D eigenvalue weighted by Crippen LogP contribution is 2.37. The average Bonchev–Trinajstić information content (AvgIpc) is 2.84. The summed E-state index contributed by atoms with van der Waals surface area (Å²) in [6.45, 7) is 2.90. The highest BCUT2D eigenvalue weighted by atomic mass is 16.5.